The lowest BCUT2D eigenvalue weighted by Gasteiger charge is -2.25. The van der Waals surface area contributed by atoms with Gasteiger partial charge in [0.15, 0.2) is 11.5 Å². The van der Waals surface area contributed by atoms with Gasteiger partial charge in [0.2, 0.25) is 0 Å². The number of rotatable bonds is 3. The van der Waals surface area contributed by atoms with Gasteiger partial charge >= 0.3 is 0 Å². The number of benzene rings is 2. The molecule has 0 saturated carbocycles. The Morgan fingerprint density at radius 3 is 2.17 bits per heavy atom. The predicted octanol–water partition coefficient (Wildman–Crippen LogP) is 3.62. The SMILES string of the molecule is CC(C)(Cc1ccccc1)c1ccc(O)c(O)c1. The minimum Gasteiger partial charge on any atom is -0.504 e. The van der Waals surface area contributed by atoms with Crippen molar-refractivity contribution in [3.8, 4) is 11.5 Å². The second-order valence-corrected chi connectivity index (χ2v) is 5.25. The van der Waals surface area contributed by atoms with Gasteiger partial charge in [0, 0.05) is 0 Å². The smallest absolute Gasteiger partial charge is 0.157 e. The molecule has 0 aliphatic heterocycles. The average Bonchev–Trinajstić information content (AvgIpc) is 2.33. The molecule has 0 saturated heterocycles. The van der Waals surface area contributed by atoms with Crippen LogP contribution in [-0.4, -0.2) is 10.2 Å². The topological polar surface area (TPSA) is 40.5 Å². The second-order valence-electron chi connectivity index (χ2n) is 5.25. The van der Waals surface area contributed by atoms with E-state index in [0.29, 0.717) is 0 Å². The van der Waals surface area contributed by atoms with E-state index in [0.717, 1.165) is 12.0 Å². The highest BCUT2D eigenvalue weighted by Crippen LogP contribution is 2.33. The summed E-state index contributed by atoms with van der Waals surface area (Å²) >= 11 is 0. The summed E-state index contributed by atoms with van der Waals surface area (Å²) in [5, 5.41) is 18.9. The maximum absolute atomic E-state index is 9.58. The molecule has 2 nitrogen and oxygen atoms in total. The normalized spacial score (nSPS) is 11.4. The van der Waals surface area contributed by atoms with E-state index in [1.807, 2.05) is 24.3 Å². The Kier molecular flexibility index (Phi) is 3.28. The number of phenols is 2. The predicted molar refractivity (Wildman–Crippen MR) is 72.9 cm³/mol. The van der Waals surface area contributed by atoms with Crippen molar-refractivity contribution in [2.24, 2.45) is 0 Å². The Hall–Kier alpha value is -1.96. The highest BCUT2D eigenvalue weighted by Gasteiger charge is 2.22. The Morgan fingerprint density at radius 2 is 1.56 bits per heavy atom. The van der Waals surface area contributed by atoms with Crippen LogP contribution in [0.4, 0.5) is 0 Å². The highest BCUT2D eigenvalue weighted by molar-refractivity contribution is 5.43. The summed E-state index contributed by atoms with van der Waals surface area (Å²) in [5.74, 6) is -0.136. The zero-order valence-electron chi connectivity index (χ0n) is 10.7. The number of hydrogen-bond donors (Lipinski definition) is 2. The lowest BCUT2D eigenvalue weighted by molar-refractivity contribution is 0.400. The Balaban J connectivity index is 2.27. The molecular weight excluding hydrogens is 224 g/mol. The quantitative estimate of drug-likeness (QED) is 0.807. The Morgan fingerprint density at radius 1 is 0.889 bits per heavy atom. The van der Waals surface area contributed by atoms with E-state index >= 15 is 0 Å². The summed E-state index contributed by atoms with van der Waals surface area (Å²) < 4.78 is 0. The van der Waals surface area contributed by atoms with Crippen LogP contribution in [0.2, 0.25) is 0 Å². The summed E-state index contributed by atoms with van der Waals surface area (Å²) in [5.41, 5.74) is 2.18. The molecule has 0 aliphatic carbocycles. The van der Waals surface area contributed by atoms with Crippen LogP contribution in [-0.2, 0) is 11.8 Å². The van der Waals surface area contributed by atoms with E-state index in [1.54, 1.807) is 6.07 Å². The van der Waals surface area contributed by atoms with Crippen molar-refractivity contribution in [2.75, 3.05) is 0 Å². The molecule has 0 bridgehead atoms. The van der Waals surface area contributed by atoms with Gasteiger partial charge in [-0.25, -0.2) is 0 Å². The maximum Gasteiger partial charge on any atom is 0.157 e. The molecule has 2 aromatic rings. The lowest BCUT2D eigenvalue weighted by atomic mass is 9.79. The van der Waals surface area contributed by atoms with Gasteiger partial charge in [-0.3, -0.25) is 0 Å². The molecule has 94 valence electrons. The first-order chi connectivity index (χ1) is 8.49. The van der Waals surface area contributed by atoms with Crippen molar-refractivity contribution < 1.29 is 10.2 Å². The fourth-order valence-electron chi connectivity index (χ4n) is 2.15. The van der Waals surface area contributed by atoms with Crippen LogP contribution in [0.1, 0.15) is 25.0 Å². The van der Waals surface area contributed by atoms with Crippen LogP contribution >= 0.6 is 0 Å². The van der Waals surface area contributed by atoms with Crippen LogP contribution in [0, 0.1) is 0 Å². The minimum absolute atomic E-state index is 0.0614. The van der Waals surface area contributed by atoms with Crippen LogP contribution in [0.25, 0.3) is 0 Å². The van der Waals surface area contributed by atoms with Crippen molar-refractivity contribution in [1.82, 2.24) is 0 Å². The molecule has 0 atom stereocenters. The molecule has 2 N–H and O–H groups in total. The minimum atomic E-state index is -0.0907. The molecule has 0 aromatic heterocycles. The molecule has 0 amide bonds. The molecule has 2 aromatic carbocycles. The van der Waals surface area contributed by atoms with Gasteiger partial charge < -0.3 is 10.2 Å². The molecule has 0 unspecified atom stereocenters. The highest BCUT2D eigenvalue weighted by atomic mass is 16.3. The fraction of sp³-hybridized carbons (Fsp3) is 0.250. The first-order valence-corrected chi connectivity index (χ1v) is 6.05. The molecular formula is C16H18O2. The third-order valence-electron chi connectivity index (χ3n) is 3.25. The van der Waals surface area contributed by atoms with Crippen molar-refractivity contribution >= 4 is 0 Å². The molecule has 0 fully saturated rings. The van der Waals surface area contributed by atoms with E-state index in [1.165, 1.54) is 11.6 Å². The van der Waals surface area contributed by atoms with Crippen molar-refractivity contribution in [3.05, 3.63) is 59.7 Å². The molecule has 2 rings (SSSR count). The van der Waals surface area contributed by atoms with Gasteiger partial charge in [-0.2, -0.15) is 0 Å². The van der Waals surface area contributed by atoms with Crippen molar-refractivity contribution in [1.29, 1.82) is 0 Å². The lowest BCUT2D eigenvalue weighted by Crippen LogP contribution is -2.20. The number of phenolic OH excluding ortho intramolecular Hbond substituents is 2. The summed E-state index contributed by atoms with van der Waals surface area (Å²) in [6.07, 6.45) is 0.887. The second kappa shape index (κ2) is 4.73. The third kappa shape index (κ3) is 2.65. The zero-order chi connectivity index (χ0) is 13.2. The van der Waals surface area contributed by atoms with Gasteiger partial charge in [-0.15, -0.1) is 0 Å². The molecule has 0 aliphatic rings. The van der Waals surface area contributed by atoms with Crippen LogP contribution in [0.5, 0.6) is 11.5 Å². The largest absolute Gasteiger partial charge is 0.504 e. The van der Waals surface area contributed by atoms with Crippen molar-refractivity contribution in [3.63, 3.8) is 0 Å². The van der Waals surface area contributed by atoms with E-state index in [4.69, 9.17) is 0 Å². The molecule has 18 heavy (non-hydrogen) atoms. The number of aromatic hydroxyl groups is 2. The van der Waals surface area contributed by atoms with Gasteiger partial charge in [-0.05, 0) is 35.1 Å². The fourth-order valence-corrected chi connectivity index (χ4v) is 2.15. The van der Waals surface area contributed by atoms with E-state index in [-0.39, 0.29) is 16.9 Å². The molecule has 2 heteroatoms. The standard InChI is InChI=1S/C16H18O2/c1-16(2,11-12-6-4-3-5-7-12)13-8-9-14(17)15(18)10-13/h3-10,17-18H,11H2,1-2H3. The summed E-state index contributed by atoms with van der Waals surface area (Å²) in [7, 11) is 0. The molecule has 0 heterocycles. The first kappa shape index (κ1) is 12.5. The van der Waals surface area contributed by atoms with E-state index < -0.39 is 0 Å². The number of hydrogen-bond acceptors (Lipinski definition) is 2. The molecule has 0 radical (unpaired) electrons. The first-order valence-electron chi connectivity index (χ1n) is 6.05. The molecule has 0 spiro atoms. The zero-order valence-corrected chi connectivity index (χ0v) is 10.7. The summed E-state index contributed by atoms with van der Waals surface area (Å²) in [6, 6.07) is 15.3. The Bertz CT molecular complexity index is 530. The Labute approximate surface area is 108 Å². The van der Waals surface area contributed by atoms with Gasteiger partial charge in [-0.1, -0.05) is 50.2 Å². The average molecular weight is 242 g/mol. The monoisotopic (exact) mass is 242 g/mol. The van der Waals surface area contributed by atoms with Gasteiger partial charge in [0.1, 0.15) is 0 Å². The third-order valence-corrected chi connectivity index (χ3v) is 3.25. The van der Waals surface area contributed by atoms with Crippen LogP contribution in [0.3, 0.4) is 0 Å². The van der Waals surface area contributed by atoms with Crippen LogP contribution < -0.4 is 0 Å². The maximum atomic E-state index is 9.58. The van der Waals surface area contributed by atoms with E-state index in [9.17, 15) is 10.2 Å². The summed E-state index contributed by atoms with van der Waals surface area (Å²) in [6.45, 7) is 4.26. The van der Waals surface area contributed by atoms with Crippen LogP contribution in [0.15, 0.2) is 48.5 Å². The van der Waals surface area contributed by atoms with Crippen molar-refractivity contribution in [2.45, 2.75) is 25.7 Å². The van der Waals surface area contributed by atoms with E-state index in [2.05, 4.69) is 26.0 Å². The van der Waals surface area contributed by atoms with Gasteiger partial charge in [0.05, 0.1) is 0 Å². The van der Waals surface area contributed by atoms with Gasteiger partial charge in [0.25, 0.3) is 0 Å². The summed E-state index contributed by atoms with van der Waals surface area (Å²) in [4.78, 5) is 0.